The summed E-state index contributed by atoms with van der Waals surface area (Å²) in [5.41, 5.74) is 1.10. The Morgan fingerprint density at radius 1 is 1.22 bits per heavy atom. The number of thioether (sulfide) groups is 2. The number of amides is 1. The van der Waals surface area contributed by atoms with Gasteiger partial charge in [0.25, 0.3) is 5.91 Å². The molecule has 0 bridgehead atoms. The van der Waals surface area contributed by atoms with Crippen molar-refractivity contribution < 1.29 is 9.53 Å². The second-order valence-corrected chi connectivity index (χ2v) is 8.74. The molecule has 0 aliphatic rings. The lowest BCUT2D eigenvalue weighted by Crippen LogP contribution is -2.18. The molecule has 0 aliphatic heterocycles. The number of aryl methyl sites for hydroxylation is 1. The van der Waals surface area contributed by atoms with Crippen LogP contribution in [0.15, 0.2) is 58.4 Å². The Hall–Kier alpha value is -1.70. The molecular formula is C20H22N2O2S3. The van der Waals surface area contributed by atoms with E-state index in [1.54, 1.807) is 23.1 Å². The second-order valence-electron chi connectivity index (χ2n) is 5.70. The van der Waals surface area contributed by atoms with Gasteiger partial charge in [-0.1, -0.05) is 29.5 Å². The molecule has 0 atom stereocenters. The van der Waals surface area contributed by atoms with Crippen LogP contribution >= 0.6 is 34.9 Å². The number of fused-ring (bicyclic) bond motifs is 1. The number of ether oxygens (including phenoxy) is 1. The van der Waals surface area contributed by atoms with Crippen molar-refractivity contribution in [3.63, 3.8) is 0 Å². The summed E-state index contributed by atoms with van der Waals surface area (Å²) < 4.78 is 8.83. The fourth-order valence-corrected chi connectivity index (χ4v) is 4.77. The molecule has 2 aromatic carbocycles. The van der Waals surface area contributed by atoms with Crippen LogP contribution in [0.5, 0.6) is 5.75 Å². The Labute approximate surface area is 171 Å². The lowest BCUT2D eigenvalue weighted by molar-refractivity contribution is -0.115. The predicted molar refractivity (Wildman–Crippen MR) is 117 cm³/mol. The van der Waals surface area contributed by atoms with Gasteiger partial charge in [-0.2, -0.15) is 16.8 Å². The van der Waals surface area contributed by atoms with E-state index in [1.165, 1.54) is 11.8 Å². The SMILES string of the molecule is CCOc1ccc2c(c1)sc(=NC(=O)CSc1ccccc1)n2CCSC. The Morgan fingerprint density at radius 2 is 2.04 bits per heavy atom. The van der Waals surface area contributed by atoms with Crippen molar-refractivity contribution >= 4 is 51.0 Å². The normalized spacial score (nSPS) is 11.9. The van der Waals surface area contributed by atoms with Crippen molar-refractivity contribution in [2.24, 2.45) is 4.99 Å². The topological polar surface area (TPSA) is 43.6 Å². The van der Waals surface area contributed by atoms with Crippen molar-refractivity contribution in [3.8, 4) is 5.75 Å². The van der Waals surface area contributed by atoms with Crippen molar-refractivity contribution in [3.05, 3.63) is 53.3 Å². The van der Waals surface area contributed by atoms with Gasteiger partial charge in [-0.3, -0.25) is 4.79 Å². The molecule has 3 aromatic rings. The van der Waals surface area contributed by atoms with Crippen LogP contribution in [0.4, 0.5) is 0 Å². The van der Waals surface area contributed by atoms with Gasteiger partial charge in [-0.15, -0.1) is 11.8 Å². The molecule has 1 heterocycles. The lowest BCUT2D eigenvalue weighted by Gasteiger charge is -2.05. The van der Waals surface area contributed by atoms with E-state index in [2.05, 4.69) is 21.9 Å². The summed E-state index contributed by atoms with van der Waals surface area (Å²) in [7, 11) is 0. The molecule has 0 aliphatic carbocycles. The third-order valence-electron chi connectivity index (χ3n) is 3.81. The molecule has 0 saturated carbocycles. The Kier molecular flexibility index (Phi) is 7.43. The zero-order valence-electron chi connectivity index (χ0n) is 15.4. The fraction of sp³-hybridized carbons (Fsp3) is 0.300. The minimum atomic E-state index is -0.113. The number of hydrogen-bond donors (Lipinski definition) is 0. The molecular weight excluding hydrogens is 396 g/mol. The molecule has 1 amide bonds. The molecule has 0 fully saturated rings. The van der Waals surface area contributed by atoms with E-state index in [0.29, 0.717) is 12.4 Å². The average Bonchev–Trinajstić information content (AvgIpc) is 3.02. The number of nitrogens with zero attached hydrogens (tertiary/aromatic N) is 2. The molecule has 3 rings (SSSR count). The van der Waals surface area contributed by atoms with Gasteiger partial charge >= 0.3 is 0 Å². The van der Waals surface area contributed by atoms with Crippen LogP contribution in [-0.4, -0.2) is 34.8 Å². The summed E-state index contributed by atoms with van der Waals surface area (Å²) in [5, 5.41) is 0. The number of benzene rings is 2. The van der Waals surface area contributed by atoms with Gasteiger partial charge in [-0.05, 0) is 43.5 Å². The number of rotatable bonds is 8. The van der Waals surface area contributed by atoms with Gasteiger partial charge in [0.2, 0.25) is 0 Å². The zero-order valence-corrected chi connectivity index (χ0v) is 17.8. The van der Waals surface area contributed by atoms with Crippen LogP contribution < -0.4 is 9.54 Å². The van der Waals surface area contributed by atoms with E-state index in [1.807, 2.05) is 49.4 Å². The molecule has 27 heavy (non-hydrogen) atoms. The van der Waals surface area contributed by atoms with Crippen LogP contribution in [-0.2, 0) is 11.3 Å². The Balaban J connectivity index is 1.88. The van der Waals surface area contributed by atoms with Crippen molar-refractivity contribution in [2.75, 3.05) is 24.4 Å². The standard InChI is InChI=1S/C20H22N2O2S3/c1-3-24-15-9-10-17-18(13-15)27-20(22(17)11-12-25-2)21-19(23)14-26-16-7-5-4-6-8-16/h4-10,13H,3,11-12,14H2,1-2H3. The second kappa shape index (κ2) is 10.0. The van der Waals surface area contributed by atoms with E-state index in [0.717, 1.165) is 38.0 Å². The van der Waals surface area contributed by atoms with E-state index < -0.39 is 0 Å². The number of aromatic nitrogens is 1. The van der Waals surface area contributed by atoms with Gasteiger partial charge in [0.05, 0.1) is 22.6 Å². The first-order valence-corrected chi connectivity index (χ1v) is 11.9. The van der Waals surface area contributed by atoms with E-state index in [9.17, 15) is 4.79 Å². The van der Waals surface area contributed by atoms with Gasteiger partial charge in [0, 0.05) is 17.2 Å². The van der Waals surface area contributed by atoms with Crippen molar-refractivity contribution in [1.82, 2.24) is 4.57 Å². The number of carbonyl (C=O) groups is 1. The third-order valence-corrected chi connectivity index (χ3v) is 6.44. The summed E-state index contributed by atoms with van der Waals surface area (Å²) in [5.74, 6) is 2.04. The Morgan fingerprint density at radius 3 is 2.78 bits per heavy atom. The summed E-state index contributed by atoms with van der Waals surface area (Å²) in [6.07, 6.45) is 2.08. The van der Waals surface area contributed by atoms with E-state index in [-0.39, 0.29) is 5.91 Å². The van der Waals surface area contributed by atoms with E-state index >= 15 is 0 Å². The van der Waals surface area contributed by atoms with Gasteiger partial charge in [0.15, 0.2) is 4.80 Å². The molecule has 142 valence electrons. The molecule has 0 spiro atoms. The van der Waals surface area contributed by atoms with Crippen LogP contribution in [0.2, 0.25) is 0 Å². The van der Waals surface area contributed by atoms with Crippen LogP contribution in [0.3, 0.4) is 0 Å². The highest BCUT2D eigenvalue weighted by Gasteiger charge is 2.09. The molecule has 0 N–H and O–H groups in total. The Bertz CT molecular complexity index is 964. The highest BCUT2D eigenvalue weighted by molar-refractivity contribution is 8.00. The van der Waals surface area contributed by atoms with Crippen LogP contribution in [0.1, 0.15) is 6.92 Å². The highest BCUT2D eigenvalue weighted by Crippen LogP contribution is 2.24. The molecule has 1 aromatic heterocycles. The maximum atomic E-state index is 12.4. The molecule has 0 unspecified atom stereocenters. The van der Waals surface area contributed by atoms with Gasteiger partial charge < -0.3 is 9.30 Å². The monoisotopic (exact) mass is 418 g/mol. The number of hydrogen-bond acceptors (Lipinski definition) is 5. The lowest BCUT2D eigenvalue weighted by atomic mass is 10.3. The smallest absolute Gasteiger partial charge is 0.258 e. The predicted octanol–water partition coefficient (Wildman–Crippen LogP) is 4.68. The maximum absolute atomic E-state index is 12.4. The third kappa shape index (κ3) is 5.40. The number of thiazole rings is 1. The molecule has 0 radical (unpaired) electrons. The minimum Gasteiger partial charge on any atom is -0.494 e. The van der Waals surface area contributed by atoms with Gasteiger partial charge in [0.1, 0.15) is 5.75 Å². The van der Waals surface area contributed by atoms with E-state index in [4.69, 9.17) is 4.74 Å². The zero-order chi connectivity index (χ0) is 19.1. The first-order valence-electron chi connectivity index (χ1n) is 8.71. The van der Waals surface area contributed by atoms with Gasteiger partial charge in [-0.25, -0.2) is 0 Å². The number of carbonyl (C=O) groups excluding carboxylic acids is 1. The first kappa shape index (κ1) is 20.0. The summed E-state index contributed by atoms with van der Waals surface area (Å²) in [6.45, 7) is 3.43. The maximum Gasteiger partial charge on any atom is 0.258 e. The summed E-state index contributed by atoms with van der Waals surface area (Å²) in [6, 6.07) is 16.0. The van der Waals surface area contributed by atoms with Crippen LogP contribution in [0, 0.1) is 0 Å². The summed E-state index contributed by atoms with van der Waals surface area (Å²) in [4.78, 5) is 18.7. The van der Waals surface area contributed by atoms with Crippen molar-refractivity contribution in [1.29, 1.82) is 0 Å². The summed E-state index contributed by atoms with van der Waals surface area (Å²) >= 11 is 4.84. The quantitative estimate of drug-likeness (QED) is 0.498. The average molecular weight is 419 g/mol. The fourth-order valence-electron chi connectivity index (χ4n) is 2.59. The molecule has 0 saturated heterocycles. The van der Waals surface area contributed by atoms with Crippen LogP contribution in [0.25, 0.3) is 10.2 Å². The first-order chi connectivity index (χ1) is 13.2. The van der Waals surface area contributed by atoms with Crippen molar-refractivity contribution in [2.45, 2.75) is 18.4 Å². The minimum absolute atomic E-state index is 0.113. The highest BCUT2D eigenvalue weighted by atomic mass is 32.2. The molecule has 4 nitrogen and oxygen atoms in total. The largest absolute Gasteiger partial charge is 0.494 e. The molecule has 7 heteroatoms.